The molecule has 0 saturated carbocycles. The predicted molar refractivity (Wildman–Crippen MR) is 95.1 cm³/mol. The second-order valence-electron chi connectivity index (χ2n) is 5.56. The second kappa shape index (κ2) is 6.56. The van der Waals surface area contributed by atoms with Crippen molar-refractivity contribution >= 4 is 34.4 Å². The summed E-state index contributed by atoms with van der Waals surface area (Å²) >= 11 is 0. The molecule has 7 heteroatoms. The minimum Gasteiger partial charge on any atom is -0.478 e. The highest BCUT2D eigenvalue weighted by Crippen LogP contribution is 2.18. The van der Waals surface area contributed by atoms with Gasteiger partial charge in [-0.15, -0.1) is 0 Å². The number of carboxylic acids is 1. The average molecular weight is 336 g/mol. The zero-order valence-electron chi connectivity index (χ0n) is 13.7. The molecule has 25 heavy (non-hydrogen) atoms. The predicted octanol–water partition coefficient (Wildman–Crippen LogP) is 3.59. The lowest BCUT2D eigenvalue weighted by molar-refractivity contribution is 0.0697. The summed E-state index contributed by atoms with van der Waals surface area (Å²) < 4.78 is 0. The molecule has 0 saturated heterocycles. The summed E-state index contributed by atoms with van der Waals surface area (Å²) in [6, 6.07) is 10.8. The van der Waals surface area contributed by atoms with Crippen LogP contribution < -0.4 is 10.6 Å². The Labute approximate surface area is 143 Å². The summed E-state index contributed by atoms with van der Waals surface area (Å²) in [5.41, 5.74) is 4.20. The van der Waals surface area contributed by atoms with Crippen LogP contribution >= 0.6 is 0 Å². The fourth-order valence-corrected chi connectivity index (χ4v) is 2.33. The summed E-state index contributed by atoms with van der Waals surface area (Å²) in [6.07, 6.45) is 0. The maximum absolute atomic E-state index is 12.1. The van der Waals surface area contributed by atoms with E-state index in [1.54, 1.807) is 30.3 Å². The second-order valence-corrected chi connectivity index (χ2v) is 5.56. The number of rotatable bonds is 3. The van der Waals surface area contributed by atoms with Crippen LogP contribution in [-0.2, 0) is 0 Å². The molecule has 0 aliphatic rings. The van der Waals surface area contributed by atoms with Crippen LogP contribution in [0.1, 0.15) is 21.7 Å². The van der Waals surface area contributed by atoms with Crippen LogP contribution in [0.25, 0.3) is 11.0 Å². The lowest BCUT2D eigenvalue weighted by atomic mass is 10.2. The third-order valence-corrected chi connectivity index (χ3v) is 3.70. The van der Waals surface area contributed by atoms with Gasteiger partial charge in [0.05, 0.1) is 28.0 Å². The normalized spacial score (nSPS) is 10.5. The van der Waals surface area contributed by atoms with E-state index in [0.717, 1.165) is 16.9 Å². The number of nitrogens with zero attached hydrogens (tertiary/aromatic N) is 2. The molecule has 0 bridgehead atoms. The SMILES string of the molecule is Cc1nc2ccc(NC(=O)Nc3cccc(C(=O)O)c3)cc2nc1C. The quantitative estimate of drug-likeness (QED) is 0.678. The highest BCUT2D eigenvalue weighted by Gasteiger charge is 2.08. The topological polar surface area (TPSA) is 104 Å². The Bertz CT molecular complexity index is 985. The Morgan fingerprint density at radius 1 is 0.880 bits per heavy atom. The molecule has 0 fully saturated rings. The molecule has 0 spiro atoms. The number of carbonyl (C=O) groups is 2. The van der Waals surface area contributed by atoms with Crippen molar-refractivity contribution in [2.45, 2.75) is 13.8 Å². The van der Waals surface area contributed by atoms with Crippen molar-refractivity contribution in [3.8, 4) is 0 Å². The number of amides is 2. The molecule has 7 nitrogen and oxygen atoms in total. The van der Waals surface area contributed by atoms with Gasteiger partial charge in [-0.25, -0.2) is 19.6 Å². The average Bonchev–Trinajstić information content (AvgIpc) is 2.56. The largest absolute Gasteiger partial charge is 0.478 e. The van der Waals surface area contributed by atoms with E-state index >= 15 is 0 Å². The molecule has 2 amide bonds. The first kappa shape index (κ1) is 16.4. The smallest absolute Gasteiger partial charge is 0.335 e. The molecule has 3 N–H and O–H groups in total. The zero-order valence-corrected chi connectivity index (χ0v) is 13.7. The maximum Gasteiger partial charge on any atom is 0.335 e. The van der Waals surface area contributed by atoms with Crippen LogP contribution in [0.5, 0.6) is 0 Å². The summed E-state index contributed by atoms with van der Waals surface area (Å²) in [4.78, 5) is 32.0. The van der Waals surface area contributed by atoms with Gasteiger partial charge in [-0.2, -0.15) is 0 Å². The first-order valence-corrected chi connectivity index (χ1v) is 7.59. The van der Waals surface area contributed by atoms with Crippen LogP contribution in [0.3, 0.4) is 0 Å². The molecule has 2 aromatic carbocycles. The summed E-state index contributed by atoms with van der Waals surface area (Å²) in [5.74, 6) is -1.05. The first-order valence-electron chi connectivity index (χ1n) is 7.59. The van der Waals surface area contributed by atoms with Gasteiger partial charge in [-0.3, -0.25) is 0 Å². The van der Waals surface area contributed by atoms with Gasteiger partial charge < -0.3 is 15.7 Å². The summed E-state index contributed by atoms with van der Waals surface area (Å²) in [5, 5.41) is 14.3. The molecule has 1 aromatic heterocycles. The van der Waals surface area contributed by atoms with Crippen molar-refractivity contribution < 1.29 is 14.7 Å². The van der Waals surface area contributed by atoms with Gasteiger partial charge in [-0.1, -0.05) is 6.07 Å². The first-order chi connectivity index (χ1) is 11.9. The van der Waals surface area contributed by atoms with Gasteiger partial charge in [0, 0.05) is 11.4 Å². The lowest BCUT2D eigenvalue weighted by Crippen LogP contribution is -2.19. The van der Waals surface area contributed by atoms with Crippen LogP contribution in [0.2, 0.25) is 0 Å². The molecule has 1 heterocycles. The number of urea groups is 1. The molecule has 0 unspecified atom stereocenters. The Morgan fingerprint density at radius 3 is 2.20 bits per heavy atom. The molecule has 126 valence electrons. The highest BCUT2D eigenvalue weighted by molar-refractivity contribution is 6.01. The number of hydrogen-bond donors (Lipinski definition) is 3. The van der Waals surface area contributed by atoms with E-state index in [2.05, 4.69) is 20.6 Å². The van der Waals surface area contributed by atoms with E-state index in [4.69, 9.17) is 5.11 Å². The minimum atomic E-state index is -1.05. The van der Waals surface area contributed by atoms with Gasteiger partial charge >= 0.3 is 12.0 Å². The molecular formula is C18H16N4O3. The number of aromatic nitrogens is 2. The van der Waals surface area contributed by atoms with E-state index in [0.29, 0.717) is 16.9 Å². The van der Waals surface area contributed by atoms with Gasteiger partial charge in [0.25, 0.3) is 0 Å². The van der Waals surface area contributed by atoms with E-state index in [1.165, 1.54) is 12.1 Å². The third-order valence-electron chi connectivity index (χ3n) is 3.70. The number of fused-ring (bicyclic) bond motifs is 1. The molecule has 0 aliphatic heterocycles. The third kappa shape index (κ3) is 3.72. The van der Waals surface area contributed by atoms with Crippen molar-refractivity contribution in [2.75, 3.05) is 10.6 Å². The molecule has 3 rings (SSSR count). The van der Waals surface area contributed by atoms with Crippen molar-refractivity contribution in [1.82, 2.24) is 9.97 Å². The number of anilines is 2. The van der Waals surface area contributed by atoms with Crippen LogP contribution in [0, 0.1) is 13.8 Å². The van der Waals surface area contributed by atoms with Crippen LogP contribution in [-0.4, -0.2) is 27.1 Å². The maximum atomic E-state index is 12.1. The van der Waals surface area contributed by atoms with Gasteiger partial charge in [0.15, 0.2) is 0 Å². The van der Waals surface area contributed by atoms with Gasteiger partial charge in [-0.05, 0) is 50.2 Å². The fraction of sp³-hybridized carbons (Fsp3) is 0.111. The fourth-order valence-electron chi connectivity index (χ4n) is 2.33. The van der Waals surface area contributed by atoms with E-state index in [9.17, 15) is 9.59 Å². The number of aryl methyl sites for hydroxylation is 2. The zero-order chi connectivity index (χ0) is 18.0. The van der Waals surface area contributed by atoms with Crippen molar-refractivity contribution in [2.24, 2.45) is 0 Å². The van der Waals surface area contributed by atoms with E-state index in [-0.39, 0.29) is 5.56 Å². The van der Waals surface area contributed by atoms with Gasteiger partial charge in [0.2, 0.25) is 0 Å². The number of nitrogens with one attached hydrogen (secondary N) is 2. The Morgan fingerprint density at radius 2 is 1.52 bits per heavy atom. The molecule has 0 aliphatic carbocycles. The molecule has 0 radical (unpaired) electrons. The molecular weight excluding hydrogens is 320 g/mol. The Hall–Kier alpha value is -3.48. The minimum absolute atomic E-state index is 0.102. The Balaban J connectivity index is 1.76. The Kier molecular flexibility index (Phi) is 4.30. The number of carbonyl (C=O) groups excluding carboxylic acids is 1. The summed E-state index contributed by atoms with van der Waals surface area (Å²) in [7, 11) is 0. The van der Waals surface area contributed by atoms with E-state index in [1.807, 2.05) is 13.8 Å². The number of hydrogen-bond acceptors (Lipinski definition) is 4. The lowest BCUT2D eigenvalue weighted by Gasteiger charge is -2.09. The van der Waals surface area contributed by atoms with Crippen LogP contribution in [0.4, 0.5) is 16.2 Å². The van der Waals surface area contributed by atoms with Gasteiger partial charge in [0.1, 0.15) is 0 Å². The monoisotopic (exact) mass is 336 g/mol. The van der Waals surface area contributed by atoms with Crippen LogP contribution in [0.15, 0.2) is 42.5 Å². The van der Waals surface area contributed by atoms with Crippen molar-refractivity contribution in [3.05, 3.63) is 59.4 Å². The van der Waals surface area contributed by atoms with Crippen molar-refractivity contribution in [1.29, 1.82) is 0 Å². The number of benzene rings is 2. The number of aromatic carboxylic acids is 1. The number of carboxylic acid groups (broad SMARTS) is 1. The van der Waals surface area contributed by atoms with Crippen molar-refractivity contribution in [3.63, 3.8) is 0 Å². The standard InChI is InChI=1S/C18H16N4O3/c1-10-11(2)20-16-9-14(6-7-15(16)19-10)22-18(25)21-13-5-3-4-12(8-13)17(23)24/h3-9H,1-2H3,(H,23,24)(H2,21,22,25). The van der Waals surface area contributed by atoms with E-state index < -0.39 is 12.0 Å². The summed E-state index contributed by atoms with van der Waals surface area (Å²) in [6.45, 7) is 3.77. The molecule has 0 atom stereocenters. The molecule has 3 aromatic rings. The highest BCUT2D eigenvalue weighted by atomic mass is 16.4.